The second-order valence-electron chi connectivity index (χ2n) is 3.72. The zero-order valence-corrected chi connectivity index (χ0v) is 9.25. The summed E-state index contributed by atoms with van der Waals surface area (Å²) in [5.41, 5.74) is 0. The molecule has 1 rings (SSSR count). The first-order valence-electron chi connectivity index (χ1n) is 5.43. The Morgan fingerprint density at radius 2 is 2.40 bits per heavy atom. The topological polar surface area (TPSA) is 59.6 Å². The lowest BCUT2D eigenvalue weighted by Gasteiger charge is -2.22. The minimum atomic E-state index is -0.349. The van der Waals surface area contributed by atoms with Gasteiger partial charge in [0.15, 0.2) is 0 Å². The van der Waals surface area contributed by atoms with Crippen LogP contribution in [0.3, 0.4) is 0 Å². The van der Waals surface area contributed by atoms with E-state index in [0.29, 0.717) is 25.7 Å². The van der Waals surface area contributed by atoms with Crippen LogP contribution in [0.15, 0.2) is 0 Å². The molecule has 88 valence electrons. The molecular weight excluding hydrogens is 196 g/mol. The number of hydrogen-bond acceptors (Lipinski definition) is 4. The van der Waals surface area contributed by atoms with Crippen molar-refractivity contribution >= 4 is 6.09 Å². The van der Waals surface area contributed by atoms with Crippen LogP contribution < -0.4 is 10.6 Å². The van der Waals surface area contributed by atoms with Crippen molar-refractivity contribution in [1.29, 1.82) is 0 Å². The van der Waals surface area contributed by atoms with Gasteiger partial charge in [0.1, 0.15) is 6.61 Å². The van der Waals surface area contributed by atoms with E-state index in [1.165, 1.54) is 12.8 Å². The minimum absolute atomic E-state index is 0.311. The van der Waals surface area contributed by atoms with Crippen LogP contribution in [0.25, 0.3) is 0 Å². The van der Waals surface area contributed by atoms with Crippen LogP contribution in [0.2, 0.25) is 0 Å². The van der Waals surface area contributed by atoms with Gasteiger partial charge in [-0.3, -0.25) is 0 Å². The molecule has 1 fully saturated rings. The Balaban J connectivity index is 2.00. The van der Waals surface area contributed by atoms with Crippen molar-refractivity contribution in [1.82, 2.24) is 10.6 Å². The van der Waals surface area contributed by atoms with Gasteiger partial charge in [-0.15, -0.1) is 0 Å². The van der Waals surface area contributed by atoms with Gasteiger partial charge in [-0.1, -0.05) is 0 Å². The molecule has 0 aromatic carbocycles. The number of amides is 1. The van der Waals surface area contributed by atoms with Gasteiger partial charge in [-0.2, -0.15) is 0 Å². The summed E-state index contributed by atoms with van der Waals surface area (Å²) in [4.78, 5) is 11.2. The molecule has 0 radical (unpaired) electrons. The first-order chi connectivity index (χ1) is 7.33. The molecule has 0 bridgehead atoms. The van der Waals surface area contributed by atoms with Gasteiger partial charge in [0, 0.05) is 13.7 Å². The Morgan fingerprint density at radius 3 is 3.07 bits per heavy atom. The molecular formula is C10H20N2O3. The van der Waals surface area contributed by atoms with Crippen molar-refractivity contribution in [3.63, 3.8) is 0 Å². The highest BCUT2D eigenvalue weighted by atomic mass is 16.6. The number of piperidine rings is 1. The van der Waals surface area contributed by atoms with Gasteiger partial charge in [0.25, 0.3) is 0 Å². The summed E-state index contributed by atoms with van der Waals surface area (Å²) in [6, 6.07) is 0. The van der Waals surface area contributed by atoms with Crippen molar-refractivity contribution in [2.24, 2.45) is 5.92 Å². The number of carbonyl (C=O) groups is 1. The SMILES string of the molecule is COCCOC(=O)NC[C@@H]1CCCNC1. The fourth-order valence-electron chi connectivity index (χ4n) is 1.59. The van der Waals surface area contributed by atoms with Gasteiger partial charge >= 0.3 is 6.09 Å². The molecule has 1 aliphatic heterocycles. The number of nitrogens with one attached hydrogen (secondary N) is 2. The molecule has 1 amide bonds. The molecule has 5 nitrogen and oxygen atoms in total. The average Bonchev–Trinajstić information content (AvgIpc) is 2.28. The Morgan fingerprint density at radius 1 is 1.53 bits per heavy atom. The smallest absolute Gasteiger partial charge is 0.407 e. The highest BCUT2D eigenvalue weighted by Crippen LogP contribution is 2.07. The van der Waals surface area contributed by atoms with Crippen LogP contribution in [0.4, 0.5) is 4.79 Å². The number of ether oxygens (including phenoxy) is 2. The fraction of sp³-hybridized carbons (Fsp3) is 0.900. The Labute approximate surface area is 90.5 Å². The first-order valence-corrected chi connectivity index (χ1v) is 5.43. The molecule has 1 heterocycles. The van der Waals surface area contributed by atoms with Crippen molar-refractivity contribution in [2.45, 2.75) is 12.8 Å². The number of rotatable bonds is 5. The third kappa shape index (κ3) is 5.59. The van der Waals surface area contributed by atoms with Crippen LogP contribution in [0.5, 0.6) is 0 Å². The summed E-state index contributed by atoms with van der Waals surface area (Å²) in [5, 5.41) is 6.05. The molecule has 15 heavy (non-hydrogen) atoms. The lowest BCUT2D eigenvalue weighted by Crippen LogP contribution is -2.38. The van der Waals surface area contributed by atoms with E-state index >= 15 is 0 Å². The second kappa shape index (κ2) is 7.48. The maximum atomic E-state index is 11.2. The van der Waals surface area contributed by atoms with Crippen molar-refractivity contribution in [3.05, 3.63) is 0 Å². The lowest BCUT2D eigenvalue weighted by atomic mass is 10.00. The zero-order chi connectivity index (χ0) is 10.9. The van der Waals surface area contributed by atoms with Gasteiger partial charge in [-0.25, -0.2) is 4.79 Å². The van der Waals surface area contributed by atoms with E-state index in [2.05, 4.69) is 10.6 Å². The van der Waals surface area contributed by atoms with Gasteiger partial charge in [0.2, 0.25) is 0 Å². The van der Waals surface area contributed by atoms with E-state index < -0.39 is 0 Å². The fourth-order valence-corrected chi connectivity index (χ4v) is 1.59. The Kier molecular flexibility index (Phi) is 6.11. The highest BCUT2D eigenvalue weighted by Gasteiger charge is 2.13. The van der Waals surface area contributed by atoms with E-state index in [1.54, 1.807) is 7.11 Å². The lowest BCUT2D eigenvalue weighted by molar-refractivity contribution is 0.0975. The van der Waals surface area contributed by atoms with Crippen molar-refractivity contribution in [2.75, 3.05) is 40.0 Å². The van der Waals surface area contributed by atoms with Gasteiger partial charge in [-0.05, 0) is 31.8 Å². The van der Waals surface area contributed by atoms with E-state index in [4.69, 9.17) is 9.47 Å². The van der Waals surface area contributed by atoms with Crippen molar-refractivity contribution in [3.8, 4) is 0 Å². The molecule has 5 heteroatoms. The summed E-state index contributed by atoms with van der Waals surface area (Å²) >= 11 is 0. The van der Waals surface area contributed by atoms with Crippen LogP contribution in [0, 0.1) is 5.92 Å². The molecule has 0 aliphatic carbocycles. The van der Waals surface area contributed by atoms with E-state index in [0.717, 1.165) is 13.1 Å². The predicted molar refractivity (Wildman–Crippen MR) is 56.8 cm³/mol. The number of hydrogen-bond donors (Lipinski definition) is 2. The van der Waals surface area contributed by atoms with Gasteiger partial charge < -0.3 is 20.1 Å². The summed E-state index contributed by atoms with van der Waals surface area (Å²) in [6.07, 6.45) is 2.01. The molecule has 0 spiro atoms. The molecule has 2 N–H and O–H groups in total. The maximum absolute atomic E-state index is 11.2. The molecule has 1 saturated heterocycles. The van der Waals surface area contributed by atoms with E-state index in [1.807, 2.05) is 0 Å². The zero-order valence-electron chi connectivity index (χ0n) is 9.25. The number of carbonyl (C=O) groups excluding carboxylic acids is 1. The molecule has 1 aliphatic rings. The third-order valence-electron chi connectivity index (χ3n) is 2.45. The van der Waals surface area contributed by atoms with Crippen molar-refractivity contribution < 1.29 is 14.3 Å². The predicted octanol–water partition coefficient (Wildman–Crippen LogP) is 0.359. The van der Waals surface area contributed by atoms with Gasteiger partial charge in [0.05, 0.1) is 6.61 Å². The second-order valence-corrected chi connectivity index (χ2v) is 3.72. The van der Waals surface area contributed by atoms with E-state index in [9.17, 15) is 4.79 Å². The van der Waals surface area contributed by atoms with Crippen LogP contribution in [-0.4, -0.2) is 46.1 Å². The standard InChI is InChI=1S/C10H20N2O3/c1-14-5-6-15-10(13)12-8-9-3-2-4-11-7-9/h9,11H,2-8H2,1H3,(H,12,13)/t9-/m1/s1. The van der Waals surface area contributed by atoms with E-state index in [-0.39, 0.29) is 6.09 Å². The summed E-state index contributed by atoms with van der Waals surface area (Å²) in [7, 11) is 1.58. The first kappa shape index (κ1) is 12.3. The van der Waals surface area contributed by atoms with Crippen LogP contribution >= 0.6 is 0 Å². The monoisotopic (exact) mass is 216 g/mol. The maximum Gasteiger partial charge on any atom is 0.407 e. The van der Waals surface area contributed by atoms with Crippen LogP contribution in [-0.2, 0) is 9.47 Å². The molecule has 0 unspecified atom stereocenters. The summed E-state index contributed by atoms with van der Waals surface area (Å²) < 4.78 is 9.65. The molecule has 0 aromatic rings. The molecule has 1 atom stereocenters. The highest BCUT2D eigenvalue weighted by molar-refractivity contribution is 5.67. The van der Waals surface area contributed by atoms with Crippen LogP contribution in [0.1, 0.15) is 12.8 Å². The quantitative estimate of drug-likeness (QED) is 0.651. The molecule has 0 aromatic heterocycles. The summed E-state index contributed by atoms with van der Waals surface area (Å²) in [5.74, 6) is 0.536. The largest absolute Gasteiger partial charge is 0.447 e. The number of alkyl carbamates (subject to hydrolysis) is 1. The Bertz CT molecular complexity index is 182. The normalized spacial score (nSPS) is 21.0. The minimum Gasteiger partial charge on any atom is -0.447 e. The third-order valence-corrected chi connectivity index (χ3v) is 2.45. The number of methoxy groups -OCH3 is 1. The summed E-state index contributed by atoms with van der Waals surface area (Å²) in [6.45, 7) is 3.52. The Hall–Kier alpha value is -0.810. The average molecular weight is 216 g/mol. The molecule has 0 saturated carbocycles.